The van der Waals surface area contributed by atoms with Crippen LogP contribution in [-0.2, 0) is 15.8 Å². The zero-order valence-electron chi connectivity index (χ0n) is 17.2. The average molecular weight is 460 g/mol. The lowest BCUT2D eigenvalue weighted by Gasteiger charge is -2.20. The van der Waals surface area contributed by atoms with E-state index in [9.17, 15) is 31.9 Å². The van der Waals surface area contributed by atoms with E-state index < -0.39 is 52.2 Å². The van der Waals surface area contributed by atoms with E-state index in [0.29, 0.717) is 5.75 Å². The van der Waals surface area contributed by atoms with Gasteiger partial charge in [-0.15, -0.1) is 0 Å². The summed E-state index contributed by atoms with van der Waals surface area (Å²) in [5, 5.41) is -0.170. The number of fused-ring (bicyclic) bond motifs is 1. The van der Waals surface area contributed by atoms with Gasteiger partial charge in [-0.1, -0.05) is 0 Å². The Balaban J connectivity index is 1.87. The average Bonchev–Trinajstić information content (AvgIpc) is 2.77. The summed E-state index contributed by atoms with van der Waals surface area (Å²) < 4.78 is 61.2. The van der Waals surface area contributed by atoms with Crippen molar-refractivity contribution in [3.8, 4) is 17.0 Å². The number of Topliss-reactive ketones (excluding diaryl/α,β-unsaturated/α-hetero) is 3. The molecule has 10 heteroatoms. The van der Waals surface area contributed by atoms with Crippen LogP contribution in [0.1, 0.15) is 35.3 Å². The van der Waals surface area contributed by atoms with Crippen molar-refractivity contribution in [2.75, 3.05) is 7.11 Å². The normalized spacial score (nSPS) is 15.2. The number of hydrogen-bond donors (Lipinski definition) is 0. The van der Waals surface area contributed by atoms with E-state index in [1.54, 1.807) is 0 Å². The number of ketones is 3. The van der Waals surface area contributed by atoms with Gasteiger partial charge in [-0.3, -0.25) is 14.4 Å². The summed E-state index contributed by atoms with van der Waals surface area (Å²) in [5.74, 6) is -4.92. The molecule has 2 heterocycles. The van der Waals surface area contributed by atoms with Crippen molar-refractivity contribution in [2.45, 2.75) is 25.4 Å². The number of benzene rings is 1. The first kappa shape index (κ1) is 22.5. The standard InChI is InChI=1S/C23H16F4N2O4/c1-33-13-7-5-11(6-8-13)19-15(24)10-12-9-14(21(23(25,26)27)29-22(12)28-19)20(32)18-16(30)3-2-4-17(18)31/h5-10,18H,2-4H2,1H3. The molecule has 0 bridgehead atoms. The highest BCUT2D eigenvalue weighted by Crippen LogP contribution is 2.35. The lowest BCUT2D eigenvalue weighted by molar-refractivity contribution is -0.142. The van der Waals surface area contributed by atoms with Gasteiger partial charge in [0, 0.05) is 23.8 Å². The number of halogens is 4. The minimum atomic E-state index is -5.07. The van der Waals surface area contributed by atoms with Gasteiger partial charge in [0.2, 0.25) is 0 Å². The Morgan fingerprint density at radius 1 is 1.03 bits per heavy atom. The van der Waals surface area contributed by atoms with Crippen LogP contribution < -0.4 is 4.74 Å². The molecular formula is C23H16F4N2O4. The van der Waals surface area contributed by atoms with E-state index >= 15 is 0 Å². The number of hydrogen-bond acceptors (Lipinski definition) is 6. The first-order chi connectivity index (χ1) is 15.6. The summed E-state index contributed by atoms with van der Waals surface area (Å²) in [6.07, 6.45) is -4.99. The molecule has 0 N–H and O–H groups in total. The van der Waals surface area contributed by atoms with Gasteiger partial charge in [0.25, 0.3) is 0 Å². The maximum atomic E-state index is 14.8. The van der Waals surface area contributed by atoms with Gasteiger partial charge in [0.1, 0.15) is 23.2 Å². The van der Waals surface area contributed by atoms with Crippen LogP contribution in [-0.4, -0.2) is 34.4 Å². The zero-order valence-corrected chi connectivity index (χ0v) is 17.2. The maximum Gasteiger partial charge on any atom is 0.434 e. The van der Waals surface area contributed by atoms with Crippen molar-refractivity contribution in [1.29, 1.82) is 0 Å². The number of pyridine rings is 2. The predicted molar refractivity (Wildman–Crippen MR) is 108 cm³/mol. The molecule has 170 valence electrons. The second-order valence-corrected chi connectivity index (χ2v) is 7.56. The Bertz CT molecular complexity index is 1270. The number of aromatic nitrogens is 2. The Kier molecular flexibility index (Phi) is 5.69. The molecule has 0 aliphatic heterocycles. The summed E-state index contributed by atoms with van der Waals surface area (Å²) in [6.45, 7) is 0. The summed E-state index contributed by atoms with van der Waals surface area (Å²) in [7, 11) is 1.44. The molecule has 0 amide bonds. The molecule has 0 atom stereocenters. The summed E-state index contributed by atoms with van der Waals surface area (Å²) in [5.41, 5.74) is -2.92. The molecule has 0 spiro atoms. The number of alkyl halides is 3. The Morgan fingerprint density at radius 3 is 2.24 bits per heavy atom. The third-order valence-corrected chi connectivity index (χ3v) is 5.41. The second-order valence-electron chi connectivity index (χ2n) is 7.56. The Morgan fingerprint density at radius 2 is 1.67 bits per heavy atom. The summed E-state index contributed by atoms with van der Waals surface area (Å²) >= 11 is 0. The van der Waals surface area contributed by atoms with E-state index in [4.69, 9.17) is 4.74 Å². The van der Waals surface area contributed by atoms with Gasteiger partial charge in [0.15, 0.2) is 28.7 Å². The Labute approximate surface area is 184 Å². The van der Waals surface area contributed by atoms with Crippen LogP contribution in [0.4, 0.5) is 17.6 Å². The van der Waals surface area contributed by atoms with Crippen molar-refractivity contribution >= 4 is 28.4 Å². The van der Waals surface area contributed by atoms with Crippen LogP contribution in [0.25, 0.3) is 22.3 Å². The fraction of sp³-hybridized carbons (Fsp3) is 0.261. The molecule has 1 fully saturated rings. The van der Waals surface area contributed by atoms with Gasteiger partial charge in [-0.2, -0.15) is 13.2 Å². The van der Waals surface area contributed by atoms with Crippen molar-refractivity contribution < 1.29 is 36.7 Å². The third-order valence-electron chi connectivity index (χ3n) is 5.41. The third kappa shape index (κ3) is 4.20. The van der Waals surface area contributed by atoms with Crippen LogP contribution in [0.3, 0.4) is 0 Å². The van der Waals surface area contributed by atoms with E-state index in [1.165, 1.54) is 31.4 Å². The van der Waals surface area contributed by atoms with Crippen LogP contribution in [0, 0.1) is 11.7 Å². The molecule has 4 rings (SSSR count). The molecule has 33 heavy (non-hydrogen) atoms. The minimum absolute atomic E-state index is 0.0775. The van der Waals surface area contributed by atoms with Crippen molar-refractivity contribution in [3.63, 3.8) is 0 Å². The lowest BCUT2D eigenvalue weighted by Crippen LogP contribution is -2.36. The number of nitrogens with zero attached hydrogens (tertiary/aromatic N) is 2. The van der Waals surface area contributed by atoms with E-state index in [-0.39, 0.29) is 35.9 Å². The van der Waals surface area contributed by atoms with Crippen LogP contribution in [0.2, 0.25) is 0 Å². The SMILES string of the molecule is COc1ccc(-c2nc3nc(C(F)(F)F)c(C(=O)C4C(=O)CCCC4=O)cc3cc2F)cc1. The largest absolute Gasteiger partial charge is 0.497 e. The van der Waals surface area contributed by atoms with Gasteiger partial charge in [0.05, 0.1) is 12.7 Å². The first-order valence-electron chi connectivity index (χ1n) is 9.92. The first-order valence-corrected chi connectivity index (χ1v) is 9.92. The van der Waals surface area contributed by atoms with E-state index in [2.05, 4.69) is 9.97 Å². The number of ether oxygens (including phenoxy) is 1. The van der Waals surface area contributed by atoms with E-state index in [0.717, 1.165) is 12.1 Å². The van der Waals surface area contributed by atoms with Gasteiger partial charge >= 0.3 is 6.18 Å². The highest BCUT2D eigenvalue weighted by molar-refractivity contribution is 6.25. The zero-order chi connectivity index (χ0) is 23.9. The minimum Gasteiger partial charge on any atom is -0.497 e. The topological polar surface area (TPSA) is 86.2 Å². The van der Waals surface area contributed by atoms with Crippen molar-refractivity contribution in [2.24, 2.45) is 5.92 Å². The summed E-state index contributed by atoms with van der Waals surface area (Å²) in [4.78, 5) is 44.5. The highest BCUT2D eigenvalue weighted by Gasteiger charge is 2.43. The second kappa shape index (κ2) is 8.34. The van der Waals surface area contributed by atoms with Crippen LogP contribution in [0.15, 0.2) is 36.4 Å². The quantitative estimate of drug-likeness (QED) is 0.322. The fourth-order valence-corrected chi connectivity index (χ4v) is 3.79. The lowest BCUT2D eigenvalue weighted by atomic mass is 9.81. The molecule has 1 saturated carbocycles. The molecule has 1 aliphatic carbocycles. The van der Waals surface area contributed by atoms with Gasteiger partial charge in [-0.25, -0.2) is 14.4 Å². The molecule has 6 nitrogen and oxygen atoms in total. The molecule has 0 unspecified atom stereocenters. The number of rotatable bonds is 4. The fourth-order valence-electron chi connectivity index (χ4n) is 3.79. The van der Waals surface area contributed by atoms with E-state index in [1.807, 2.05) is 0 Å². The van der Waals surface area contributed by atoms with Crippen LogP contribution in [0.5, 0.6) is 5.75 Å². The highest BCUT2D eigenvalue weighted by atomic mass is 19.4. The number of methoxy groups -OCH3 is 1. The number of carbonyl (C=O) groups is 3. The van der Waals surface area contributed by atoms with Gasteiger partial charge < -0.3 is 4.74 Å². The Hall–Kier alpha value is -3.69. The molecule has 1 aromatic carbocycles. The molecule has 3 aromatic rings. The molecule has 2 aromatic heterocycles. The molecular weight excluding hydrogens is 444 g/mol. The maximum absolute atomic E-state index is 14.8. The summed E-state index contributed by atoms with van der Waals surface area (Å²) in [6, 6.07) is 7.75. The monoisotopic (exact) mass is 460 g/mol. The number of carbonyl (C=O) groups excluding carboxylic acids is 3. The smallest absolute Gasteiger partial charge is 0.434 e. The predicted octanol–water partition coefficient (Wildman–Crippen LogP) is 4.58. The molecule has 0 saturated heterocycles. The van der Waals surface area contributed by atoms with Crippen LogP contribution >= 0.6 is 0 Å². The van der Waals surface area contributed by atoms with Crippen molar-refractivity contribution in [3.05, 3.63) is 53.5 Å². The molecule has 0 radical (unpaired) electrons. The molecule has 1 aliphatic rings. The van der Waals surface area contributed by atoms with Crippen molar-refractivity contribution in [1.82, 2.24) is 9.97 Å². The van der Waals surface area contributed by atoms with Gasteiger partial charge in [-0.05, 0) is 42.8 Å².